The summed E-state index contributed by atoms with van der Waals surface area (Å²) in [6.07, 6.45) is 0.338. The zero-order chi connectivity index (χ0) is 19.7. The summed E-state index contributed by atoms with van der Waals surface area (Å²) < 4.78 is 38.2. The summed E-state index contributed by atoms with van der Waals surface area (Å²) in [6, 6.07) is 13.0. The van der Waals surface area contributed by atoms with Crippen LogP contribution in [0.5, 0.6) is 0 Å². The van der Waals surface area contributed by atoms with Crippen LogP contribution in [0.4, 0.5) is 18.9 Å². The Kier molecular flexibility index (Phi) is 5.17. The SMILES string of the molecule is FC(F)(F)c1ccc(N2C=C(Cl)C3=C(CC(Cc4ccccc4)NC3)C2)cn1. The second kappa shape index (κ2) is 7.60. The Morgan fingerprint density at radius 3 is 2.61 bits per heavy atom. The van der Waals surface area contributed by atoms with Gasteiger partial charge in [0, 0.05) is 25.3 Å². The van der Waals surface area contributed by atoms with Gasteiger partial charge in [0.2, 0.25) is 0 Å². The van der Waals surface area contributed by atoms with Crippen LogP contribution in [0.25, 0.3) is 0 Å². The number of halogens is 4. The van der Waals surface area contributed by atoms with Gasteiger partial charge in [-0.15, -0.1) is 0 Å². The Morgan fingerprint density at radius 2 is 1.93 bits per heavy atom. The van der Waals surface area contributed by atoms with E-state index in [0.29, 0.717) is 29.9 Å². The van der Waals surface area contributed by atoms with Crippen LogP contribution in [0.3, 0.4) is 0 Å². The zero-order valence-electron chi connectivity index (χ0n) is 15.0. The Labute approximate surface area is 166 Å². The Bertz CT molecular complexity index is 905. The number of nitrogens with zero attached hydrogens (tertiary/aromatic N) is 2. The molecule has 0 amide bonds. The van der Waals surface area contributed by atoms with Crippen LogP contribution in [0.2, 0.25) is 0 Å². The highest BCUT2D eigenvalue weighted by molar-refractivity contribution is 6.32. The summed E-state index contributed by atoms with van der Waals surface area (Å²) in [5, 5.41) is 4.15. The molecule has 0 bridgehead atoms. The van der Waals surface area contributed by atoms with Crippen LogP contribution in [-0.2, 0) is 12.6 Å². The summed E-state index contributed by atoms with van der Waals surface area (Å²) in [5.74, 6) is 0. The molecule has 2 aromatic rings. The molecular formula is C21H19ClF3N3. The van der Waals surface area contributed by atoms with Gasteiger partial charge in [0.15, 0.2) is 0 Å². The molecule has 1 N–H and O–H groups in total. The van der Waals surface area contributed by atoms with E-state index in [4.69, 9.17) is 11.6 Å². The van der Waals surface area contributed by atoms with Gasteiger partial charge in [0.1, 0.15) is 5.69 Å². The maximum Gasteiger partial charge on any atom is 0.433 e. The van der Waals surface area contributed by atoms with Crippen molar-refractivity contribution in [3.8, 4) is 0 Å². The zero-order valence-corrected chi connectivity index (χ0v) is 15.8. The summed E-state index contributed by atoms with van der Waals surface area (Å²) >= 11 is 6.47. The molecule has 7 heteroatoms. The van der Waals surface area contributed by atoms with E-state index in [-0.39, 0.29) is 0 Å². The smallest absolute Gasteiger partial charge is 0.341 e. The van der Waals surface area contributed by atoms with Crippen molar-refractivity contribution in [2.75, 3.05) is 18.0 Å². The van der Waals surface area contributed by atoms with Gasteiger partial charge in [0.25, 0.3) is 0 Å². The largest absolute Gasteiger partial charge is 0.433 e. The number of benzene rings is 1. The number of rotatable bonds is 3. The minimum absolute atomic E-state index is 0.302. The molecule has 0 spiro atoms. The predicted octanol–water partition coefficient (Wildman–Crippen LogP) is 4.90. The molecule has 1 aromatic carbocycles. The number of alkyl halides is 3. The highest BCUT2D eigenvalue weighted by Crippen LogP contribution is 2.34. The van der Waals surface area contributed by atoms with Gasteiger partial charge in [-0.25, -0.2) is 4.98 Å². The number of pyridine rings is 1. The summed E-state index contributed by atoms with van der Waals surface area (Å²) in [7, 11) is 0. The van der Waals surface area contributed by atoms with Gasteiger partial charge < -0.3 is 10.2 Å². The molecule has 28 heavy (non-hydrogen) atoms. The Hall–Kier alpha value is -2.31. The number of hydrogen-bond donors (Lipinski definition) is 1. The minimum Gasteiger partial charge on any atom is -0.341 e. The number of aromatic nitrogens is 1. The van der Waals surface area contributed by atoms with Gasteiger partial charge in [0.05, 0.1) is 16.9 Å². The van der Waals surface area contributed by atoms with Crippen LogP contribution < -0.4 is 10.2 Å². The normalized spacial score (nSPS) is 20.1. The van der Waals surface area contributed by atoms with E-state index in [1.807, 2.05) is 23.1 Å². The van der Waals surface area contributed by atoms with E-state index in [1.165, 1.54) is 23.4 Å². The highest BCUT2D eigenvalue weighted by Gasteiger charge is 2.32. The molecule has 1 aromatic heterocycles. The van der Waals surface area contributed by atoms with Crippen LogP contribution in [0.1, 0.15) is 17.7 Å². The average Bonchev–Trinajstić information content (AvgIpc) is 2.68. The molecule has 2 aliphatic heterocycles. The van der Waals surface area contributed by atoms with Crippen molar-refractivity contribution in [1.82, 2.24) is 10.3 Å². The van der Waals surface area contributed by atoms with Crippen LogP contribution in [0, 0.1) is 0 Å². The quantitative estimate of drug-likeness (QED) is 0.787. The fraction of sp³-hybridized carbons (Fsp3) is 0.286. The number of anilines is 1. The van der Waals surface area contributed by atoms with Crippen molar-refractivity contribution in [2.45, 2.75) is 25.1 Å². The number of hydrogen-bond acceptors (Lipinski definition) is 3. The van der Waals surface area contributed by atoms with Crippen molar-refractivity contribution < 1.29 is 13.2 Å². The van der Waals surface area contributed by atoms with E-state index in [0.717, 1.165) is 24.5 Å². The lowest BCUT2D eigenvalue weighted by Gasteiger charge is -2.35. The van der Waals surface area contributed by atoms with Gasteiger partial charge in [-0.2, -0.15) is 13.2 Å². The van der Waals surface area contributed by atoms with Gasteiger partial charge in [-0.3, -0.25) is 0 Å². The van der Waals surface area contributed by atoms with Crippen LogP contribution in [0.15, 0.2) is 71.0 Å². The van der Waals surface area contributed by atoms with Crippen molar-refractivity contribution in [3.05, 3.63) is 82.3 Å². The molecule has 0 fully saturated rings. The first-order valence-electron chi connectivity index (χ1n) is 9.06. The summed E-state index contributed by atoms with van der Waals surface area (Å²) in [4.78, 5) is 5.42. The van der Waals surface area contributed by atoms with E-state index in [9.17, 15) is 13.2 Å². The third kappa shape index (κ3) is 4.08. The van der Waals surface area contributed by atoms with Gasteiger partial charge in [-0.1, -0.05) is 41.9 Å². The topological polar surface area (TPSA) is 28.2 Å². The molecule has 0 aliphatic carbocycles. The second-order valence-electron chi connectivity index (χ2n) is 7.06. The fourth-order valence-electron chi connectivity index (χ4n) is 3.68. The standard InChI is InChI=1S/C21H19ClF3N3/c22-19-13-28(17-6-7-20(27-10-17)21(23,24)25)12-15-9-16(26-11-18(15)19)8-14-4-2-1-3-5-14/h1-7,10,13,16,26H,8-9,11-12H2. The molecule has 0 radical (unpaired) electrons. The highest BCUT2D eigenvalue weighted by atomic mass is 35.5. The average molecular weight is 406 g/mol. The third-order valence-corrected chi connectivity index (χ3v) is 5.43. The predicted molar refractivity (Wildman–Crippen MR) is 104 cm³/mol. The van der Waals surface area contributed by atoms with E-state index < -0.39 is 11.9 Å². The second-order valence-corrected chi connectivity index (χ2v) is 7.47. The van der Waals surface area contributed by atoms with E-state index in [1.54, 1.807) is 6.20 Å². The van der Waals surface area contributed by atoms with Crippen molar-refractivity contribution in [2.24, 2.45) is 0 Å². The molecule has 146 valence electrons. The lowest BCUT2D eigenvalue weighted by atomic mass is 9.90. The van der Waals surface area contributed by atoms with Crippen molar-refractivity contribution in [1.29, 1.82) is 0 Å². The first kappa shape index (κ1) is 19.0. The first-order chi connectivity index (χ1) is 13.4. The lowest BCUT2D eigenvalue weighted by molar-refractivity contribution is -0.141. The summed E-state index contributed by atoms with van der Waals surface area (Å²) in [6.45, 7) is 1.30. The number of nitrogens with one attached hydrogen (secondary N) is 1. The Balaban J connectivity index is 1.49. The third-order valence-electron chi connectivity index (χ3n) is 5.10. The maximum absolute atomic E-state index is 12.7. The first-order valence-corrected chi connectivity index (χ1v) is 9.44. The van der Waals surface area contributed by atoms with Crippen molar-refractivity contribution >= 4 is 17.3 Å². The van der Waals surface area contributed by atoms with E-state index in [2.05, 4.69) is 22.4 Å². The lowest BCUT2D eigenvalue weighted by Crippen LogP contribution is -2.41. The Morgan fingerprint density at radius 1 is 1.14 bits per heavy atom. The molecule has 4 rings (SSSR count). The molecule has 1 unspecified atom stereocenters. The summed E-state index contributed by atoms with van der Waals surface area (Å²) in [5.41, 5.74) is 3.27. The monoisotopic (exact) mass is 405 g/mol. The molecule has 3 heterocycles. The molecule has 2 aliphatic rings. The molecular weight excluding hydrogens is 387 g/mol. The molecule has 3 nitrogen and oxygen atoms in total. The van der Waals surface area contributed by atoms with Crippen LogP contribution >= 0.6 is 11.6 Å². The van der Waals surface area contributed by atoms with Crippen LogP contribution in [-0.4, -0.2) is 24.1 Å². The van der Waals surface area contributed by atoms with Gasteiger partial charge >= 0.3 is 6.18 Å². The fourth-order valence-corrected chi connectivity index (χ4v) is 3.99. The molecule has 0 saturated carbocycles. The minimum atomic E-state index is -4.44. The van der Waals surface area contributed by atoms with Crippen molar-refractivity contribution in [3.63, 3.8) is 0 Å². The van der Waals surface area contributed by atoms with E-state index >= 15 is 0 Å². The maximum atomic E-state index is 12.7. The molecule has 0 saturated heterocycles. The molecule has 1 atom stereocenters. The van der Waals surface area contributed by atoms with Gasteiger partial charge in [-0.05, 0) is 41.7 Å².